The summed E-state index contributed by atoms with van der Waals surface area (Å²) in [6, 6.07) is 13.4. The summed E-state index contributed by atoms with van der Waals surface area (Å²) >= 11 is 0. The van der Waals surface area contributed by atoms with E-state index in [4.69, 9.17) is 0 Å². The first-order valence-electron chi connectivity index (χ1n) is 9.20. The lowest BCUT2D eigenvalue weighted by Gasteiger charge is -2.18. The summed E-state index contributed by atoms with van der Waals surface area (Å²) in [6.07, 6.45) is 4.00. The molecule has 0 unspecified atom stereocenters. The van der Waals surface area contributed by atoms with Gasteiger partial charge in [0.05, 0.1) is 5.52 Å². The number of rotatable bonds is 4. The smallest absolute Gasteiger partial charge is 0.255 e. The maximum Gasteiger partial charge on any atom is 0.255 e. The van der Waals surface area contributed by atoms with E-state index in [-0.39, 0.29) is 5.91 Å². The van der Waals surface area contributed by atoms with Crippen LogP contribution in [0.1, 0.15) is 23.2 Å². The van der Waals surface area contributed by atoms with Gasteiger partial charge in [0.25, 0.3) is 5.91 Å². The van der Waals surface area contributed by atoms with Crippen molar-refractivity contribution < 1.29 is 4.79 Å². The zero-order valence-corrected chi connectivity index (χ0v) is 15.6. The standard InChI is InChI=1S/C21H23N5O/c1-25(2)17-7-5-6-15(12-17)21(27)24-16-8-9-18-19(13-16)22-14-23-20(18)26-10-3-4-11-26/h5-9,12-14H,3-4,10-11H2,1-2H3,(H,24,27). The van der Waals surface area contributed by atoms with Crippen molar-refractivity contribution in [3.05, 3.63) is 54.4 Å². The molecular formula is C21H23N5O. The summed E-state index contributed by atoms with van der Waals surface area (Å²) in [5, 5.41) is 3.99. The predicted octanol–water partition coefficient (Wildman–Crippen LogP) is 3.55. The van der Waals surface area contributed by atoms with Crippen LogP contribution in [0.15, 0.2) is 48.8 Å². The van der Waals surface area contributed by atoms with E-state index in [0.29, 0.717) is 5.56 Å². The first kappa shape index (κ1) is 17.3. The lowest BCUT2D eigenvalue weighted by molar-refractivity contribution is 0.102. The molecule has 27 heavy (non-hydrogen) atoms. The average molecular weight is 361 g/mol. The Bertz CT molecular complexity index is 979. The maximum absolute atomic E-state index is 12.6. The monoisotopic (exact) mass is 361 g/mol. The molecule has 1 N–H and O–H groups in total. The van der Waals surface area contributed by atoms with E-state index in [1.807, 2.05) is 61.5 Å². The van der Waals surface area contributed by atoms with E-state index >= 15 is 0 Å². The average Bonchev–Trinajstić information content (AvgIpc) is 3.22. The third-order valence-electron chi connectivity index (χ3n) is 4.90. The van der Waals surface area contributed by atoms with Crippen LogP contribution in [0, 0.1) is 0 Å². The molecule has 1 fully saturated rings. The van der Waals surface area contributed by atoms with Crippen LogP contribution < -0.4 is 15.1 Å². The van der Waals surface area contributed by atoms with Crippen LogP contribution in [0.4, 0.5) is 17.2 Å². The Kier molecular flexibility index (Phi) is 4.62. The molecule has 3 aromatic rings. The van der Waals surface area contributed by atoms with Crippen molar-refractivity contribution in [2.24, 2.45) is 0 Å². The van der Waals surface area contributed by atoms with Gasteiger partial charge in [-0.05, 0) is 49.2 Å². The number of hydrogen-bond donors (Lipinski definition) is 1. The molecule has 4 rings (SSSR count). The molecule has 0 radical (unpaired) electrons. The summed E-state index contributed by atoms with van der Waals surface area (Å²) in [6.45, 7) is 2.07. The molecule has 2 heterocycles. The predicted molar refractivity (Wildman–Crippen MR) is 110 cm³/mol. The van der Waals surface area contributed by atoms with Gasteiger partial charge < -0.3 is 15.1 Å². The highest BCUT2D eigenvalue weighted by Gasteiger charge is 2.17. The molecule has 1 aromatic heterocycles. The Balaban J connectivity index is 1.59. The van der Waals surface area contributed by atoms with Crippen LogP contribution in [-0.2, 0) is 0 Å². The maximum atomic E-state index is 12.6. The molecule has 1 saturated heterocycles. The molecule has 6 heteroatoms. The van der Waals surface area contributed by atoms with Crippen molar-refractivity contribution in [3.8, 4) is 0 Å². The number of anilines is 3. The first-order valence-corrected chi connectivity index (χ1v) is 9.20. The van der Waals surface area contributed by atoms with Crippen molar-refractivity contribution in [2.45, 2.75) is 12.8 Å². The van der Waals surface area contributed by atoms with Gasteiger partial charge in [0.2, 0.25) is 0 Å². The second-order valence-electron chi connectivity index (χ2n) is 7.02. The molecule has 1 aliphatic rings. The number of carbonyl (C=O) groups is 1. The van der Waals surface area contributed by atoms with Crippen LogP contribution in [0.5, 0.6) is 0 Å². The van der Waals surface area contributed by atoms with Crippen LogP contribution in [-0.4, -0.2) is 43.1 Å². The van der Waals surface area contributed by atoms with Gasteiger partial charge in [-0.3, -0.25) is 4.79 Å². The van der Waals surface area contributed by atoms with Crippen molar-refractivity contribution in [3.63, 3.8) is 0 Å². The SMILES string of the molecule is CN(C)c1cccc(C(=O)Nc2ccc3c(N4CCCC4)ncnc3c2)c1. The fourth-order valence-corrected chi connectivity index (χ4v) is 3.43. The Hall–Kier alpha value is -3.15. The zero-order valence-electron chi connectivity index (χ0n) is 15.6. The van der Waals surface area contributed by atoms with Crippen LogP contribution in [0.25, 0.3) is 10.9 Å². The highest BCUT2D eigenvalue weighted by atomic mass is 16.1. The Morgan fingerprint density at radius 1 is 1.07 bits per heavy atom. The van der Waals surface area contributed by atoms with Crippen molar-refractivity contribution >= 4 is 34.0 Å². The van der Waals surface area contributed by atoms with E-state index in [9.17, 15) is 4.79 Å². The van der Waals surface area contributed by atoms with Crippen LogP contribution >= 0.6 is 0 Å². The molecule has 1 aliphatic heterocycles. The lowest BCUT2D eigenvalue weighted by Crippen LogP contribution is -2.19. The van der Waals surface area contributed by atoms with Crippen molar-refractivity contribution in [1.82, 2.24) is 9.97 Å². The number of aromatic nitrogens is 2. The molecule has 0 saturated carbocycles. The molecule has 6 nitrogen and oxygen atoms in total. The minimum Gasteiger partial charge on any atom is -0.378 e. The van der Waals surface area contributed by atoms with E-state index in [1.165, 1.54) is 12.8 Å². The minimum atomic E-state index is -0.133. The zero-order chi connectivity index (χ0) is 18.8. The summed E-state index contributed by atoms with van der Waals surface area (Å²) in [5.41, 5.74) is 3.19. The number of nitrogens with zero attached hydrogens (tertiary/aromatic N) is 4. The number of benzene rings is 2. The largest absolute Gasteiger partial charge is 0.378 e. The fourth-order valence-electron chi connectivity index (χ4n) is 3.43. The number of amides is 1. The third kappa shape index (κ3) is 3.56. The molecule has 0 spiro atoms. The second kappa shape index (κ2) is 7.23. The highest BCUT2D eigenvalue weighted by Crippen LogP contribution is 2.28. The number of nitrogens with one attached hydrogen (secondary N) is 1. The summed E-state index contributed by atoms with van der Waals surface area (Å²) < 4.78 is 0. The molecule has 0 atom stereocenters. The van der Waals surface area contributed by atoms with Crippen LogP contribution in [0.3, 0.4) is 0 Å². The quantitative estimate of drug-likeness (QED) is 0.770. The van der Waals surface area contributed by atoms with E-state index in [0.717, 1.165) is 41.2 Å². The molecule has 138 valence electrons. The van der Waals surface area contributed by atoms with Gasteiger partial charge >= 0.3 is 0 Å². The fraction of sp³-hybridized carbons (Fsp3) is 0.286. The number of hydrogen-bond acceptors (Lipinski definition) is 5. The van der Waals surface area contributed by atoms with E-state index in [1.54, 1.807) is 6.33 Å². The lowest BCUT2D eigenvalue weighted by atomic mass is 10.1. The normalized spacial score (nSPS) is 13.8. The molecular weight excluding hydrogens is 338 g/mol. The van der Waals surface area contributed by atoms with E-state index < -0.39 is 0 Å². The molecule has 2 aromatic carbocycles. The Labute approximate surface area is 158 Å². The van der Waals surface area contributed by atoms with Gasteiger partial charge in [0.15, 0.2) is 0 Å². The van der Waals surface area contributed by atoms with Crippen LogP contribution in [0.2, 0.25) is 0 Å². The number of carbonyl (C=O) groups excluding carboxylic acids is 1. The summed E-state index contributed by atoms with van der Waals surface area (Å²) in [7, 11) is 3.91. The second-order valence-corrected chi connectivity index (χ2v) is 7.02. The molecule has 0 bridgehead atoms. The van der Waals surface area contributed by atoms with E-state index in [2.05, 4.69) is 20.2 Å². The summed E-state index contributed by atoms with van der Waals surface area (Å²) in [4.78, 5) is 25.8. The first-order chi connectivity index (χ1) is 13.1. The molecule has 1 amide bonds. The molecule has 0 aliphatic carbocycles. The Morgan fingerprint density at radius 3 is 2.67 bits per heavy atom. The van der Waals surface area contributed by atoms with Gasteiger partial charge in [0, 0.05) is 49.5 Å². The topological polar surface area (TPSA) is 61.4 Å². The van der Waals surface area contributed by atoms with Gasteiger partial charge in [-0.1, -0.05) is 6.07 Å². The third-order valence-corrected chi connectivity index (χ3v) is 4.90. The summed E-state index contributed by atoms with van der Waals surface area (Å²) in [5.74, 6) is 0.848. The van der Waals surface area contributed by atoms with Crippen molar-refractivity contribution in [1.29, 1.82) is 0 Å². The highest BCUT2D eigenvalue weighted by molar-refractivity contribution is 6.06. The number of fused-ring (bicyclic) bond motifs is 1. The Morgan fingerprint density at radius 2 is 1.89 bits per heavy atom. The van der Waals surface area contributed by atoms with Gasteiger partial charge in [-0.2, -0.15) is 0 Å². The van der Waals surface area contributed by atoms with Gasteiger partial charge in [-0.15, -0.1) is 0 Å². The minimum absolute atomic E-state index is 0.133. The van der Waals surface area contributed by atoms with Crippen molar-refractivity contribution in [2.75, 3.05) is 42.3 Å². The van der Waals surface area contributed by atoms with Gasteiger partial charge in [-0.25, -0.2) is 9.97 Å². The van der Waals surface area contributed by atoms with Gasteiger partial charge in [0.1, 0.15) is 12.1 Å².